The molecule has 0 radical (unpaired) electrons. The first-order valence-corrected chi connectivity index (χ1v) is 7.50. The van der Waals surface area contributed by atoms with Crippen LogP contribution in [0.4, 0.5) is 5.69 Å². The van der Waals surface area contributed by atoms with E-state index in [1.54, 1.807) is 24.5 Å². The second kappa shape index (κ2) is 6.11. The van der Waals surface area contributed by atoms with Crippen LogP contribution in [0, 0.1) is 0 Å². The van der Waals surface area contributed by atoms with Crippen LogP contribution >= 0.6 is 22.9 Å². The highest BCUT2D eigenvalue weighted by atomic mass is 35.5. The summed E-state index contributed by atoms with van der Waals surface area (Å²) in [5.41, 5.74) is 2.44. The minimum Gasteiger partial charge on any atom is -0.506 e. The summed E-state index contributed by atoms with van der Waals surface area (Å²) in [6.45, 7) is 0.679. The van der Waals surface area contributed by atoms with E-state index in [9.17, 15) is 5.11 Å². The van der Waals surface area contributed by atoms with Crippen LogP contribution in [0.15, 0.2) is 48.8 Å². The minimum absolute atomic E-state index is 0.178. The number of nitrogens with one attached hydrogen (secondary N) is 1. The Balaban J connectivity index is 1.71. The molecule has 1 aromatic carbocycles. The first kappa shape index (κ1) is 13.9. The summed E-state index contributed by atoms with van der Waals surface area (Å²) in [5.74, 6) is 0.178. The number of pyridine rings is 1. The number of hydrogen-bond acceptors (Lipinski definition) is 5. The average Bonchev–Trinajstić information content (AvgIpc) is 2.92. The molecule has 0 saturated heterocycles. The van der Waals surface area contributed by atoms with Gasteiger partial charge in [0.15, 0.2) is 4.47 Å². The predicted octanol–water partition coefficient (Wildman–Crippen LogP) is 4.18. The van der Waals surface area contributed by atoms with Gasteiger partial charge >= 0.3 is 0 Å². The number of nitrogens with zero attached hydrogens (tertiary/aromatic N) is 2. The molecule has 0 spiro atoms. The fraction of sp³-hybridized carbons (Fsp3) is 0.0667. The lowest BCUT2D eigenvalue weighted by Gasteiger charge is -2.07. The standard InChI is InChI=1S/C15H12ClN3OS/c16-15-19-9-12(21-15)8-18-11-5-3-10(4-6-11)14-13(20)2-1-7-17-14/h1-7,9,18,20H,8H2. The van der Waals surface area contributed by atoms with Crippen LogP contribution in [-0.4, -0.2) is 15.1 Å². The number of aromatic hydroxyl groups is 1. The fourth-order valence-corrected chi connectivity index (χ4v) is 2.84. The van der Waals surface area contributed by atoms with E-state index in [2.05, 4.69) is 15.3 Å². The van der Waals surface area contributed by atoms with Gasteiger partial charge in [-0.1, -0.05) is 23.7 Å². The summed E-state index contributed by atoms with van der Waals surface area (Å²) in [6.07, 6.45) is 3.43. The molecule has 6 heteroatoms. The zero-order valence-electron chi connectivity index (χ0n) is 11.0. The van der Waals surface area contributed by atoms with Crippen molar-refractivity contribution in [3.8, 4) is 17.0 Å². The van der Waals surface area contributed by atoms with Crippen molar-refractivity contribution in [3.63, 3.8) is 0 Å². The van der Waals surface area contributed by atoms with Gasteiger partial charge in [-0.05, 0) is 24.3 Å². The summed E-state index contributed by atoms with van der Waals surface area (Å²) < 4.78 is 0.549. The number of aromatic nitrogens is 2. The highest BCUT2D eigenvalue weighted by Crippen LogP contribution is 2.27. The molecule has 0 amide bonds. The molecule has 2 aromatic heterocycles. The van der Waals surface area contributed by atoms with E-state index >= 15 is 0 Å². The number of halogens is 1. The molecule has 0 aliphatic carbocycles. The molecule has 2 heterocycles. The Morgan fingerprint density at radius 3 is 2.62 bits per heavy atom. The predicted molar refractivity (Wildman–Crippen MR) is 85.8 cm³/mol. The summed E-state index contributed by atoms with van der Waals surface area (Å²) in [7, 11) is 0. The van der Waals surface area contributed by atoms with Crippen molar-refractivity contribution in [1.29, 1.82) is 0 Å². The smallest absolute Gasteiger partial charge is 0.183 e. The van der Waals surface area contributed by atoms with Gasteiger partial charge in [0.25, 0.3) is 0 Å². The minimum atomic E-state index is 0.178. The van der Waals surface area contributed by atoms with Crippen LogP contribution in [0.25, 0.3) is 11.3 Å². The molecule has 0 aliphatic rings. The van der Waals surface area contributed by atoms with Crippen molar-refractivity contribution in [3.05, 3.63) is 58.1 Å². The van der Waals surface area contributed by atoms with Crippen molar-refractivity contribution in [2.45, 2.75) is 6.54 Å². The third kappa shape index (κ3) is 3.32. The molecular formula is C15H12ClN3OS. The van der Waals surface area contributed by atoms with Gasteiger partial charge in [0, 0.05) is 28.5 Å². The molecule has 0 atom stereocenters. The van der Waals surface area contributed by atoms with Crippen molar-refractivity contribution < 1.29 is 5.11 Å². The normalized spacial score (nSPS) is 10.5. The van der Waals surface area contributed by atoms with Crippen molar-refractivity contribution >= 4 is 28.6 Å². The number of thiazole rings is 1. The molecule has 0 bridgehead atoms. The van der Waals surface area contributed by atoms with Gasteiger partial charge < -0.3 is 10.4 Å². The van der Waals surface area contributed by atoms with Crippen LogP contribution < -0.4 is 5.32 Å². The molecule has 3 aromatic rings. The van der Waals surface area contributed by atoms with Gasteiger partial charge in [0.2, 0.25) is 0 Å². The first-order chi connectivity index (χ1) is 10.2. The topological polar surface area (TPSA) is 58.0 Å². The second-order valence-corrected chi connectivity index (χ2v) is 6.08. The monoisotopic (exact) mass is 317 g/mol. The van der Waals surface area contributed by atoms with Gasteiger partial charge in [-0.2, -0.15) is 0 Å². The summed E-state index contributed by atoms with van der Waals surface area (Å²) in [6, 6.07) is 11.1. The largest absolute Gasteiger partial charge is 0.506 e. The lowest BCUT2D eigenvalue weighted by molar-refractivity contribution is 0.475. The highest BCUT2D eigenvalue weighted by Gasteiger charge is 2.05. The Morgan fingerprint density at radius 1 is 1.14 bits per heavy atom. The van der Waals surface area contributed by atoms with Gasteiger partial charge in [0.05, 0.1) is 6.54 Å². The van der Waals surface area contributed by atoms with E-state index in [1.807, 2.05) is 24.3 Å². The first-order valence-electron chi connectivity index (χ1n) is 6.31. The van der Waals surface area contributed by atoms with E-state index in [0.29, 0.717) is 16.7 Å². The Labute approximate surface area is 131 Å². The van der Waals surface area contributed by atoms with Crippen molar-refractivity contribution in [1.82, 2.24) is 9.97 Å². The number of benzene rings is 1. The van der Waals surface area contributed by atoms with Crippen LogP contribution in [-0.2, 0) is 6.54 Å². The second-order valence-electron chi connectivity index (χ2n) is 4.38. The molecule has 0 aliphatic heterocycles. The maximum atomic E-state index is 9.79. The summed E-state index contributed by atoms with van der Waals surface area (Å²) in [5, 5.41) is 13.1. The molecule has 4 nitrogen and oxygen atoms in total. The quantitative estimate of drug-likeness (QED) is 0.758. The average molecular weight is 318 g/mol. The summed E-state index contributed by atoms with van der Waals surface area (Å²) >= 11 is 7.25. The Bertz CT molecular complexity index is 743. The highest BCUT2D eigenvalue weighted by molar-refractivity contribution is 7.15. The zero-order chi connectivity index (χ0) is 14.7. The zero-order valence-corrected chi connectivity index (χ0v) is 12.5. The van der Waals surface area contributed by atoms with Crippen LogP contribution in [0.5, 0.6) is 5.75 Å². The van der Waals surface area contributed by atoms with Gasteiger partial charge in [-0.3, -0.25) is 4.98 Å². The van der Waals surface area contributed by atoms with Gasteiger partial charge in [0.1, 0.15) is 11.4 Å². The molecule has 2 N–H and O–H groups in total. The number of rotatable bonds is 4. The third-order valence-electron chi connectivity index (χ3n) is 2.94. The van der Waals surface area contributed by atoms with Crippen molar-refractivity contribution in [2.75, 3.05) is 5.32 Å². The van der Waals surface area contributed by atoms with Crippen molar-refractivity contribution in [2.24, 2.45) is 0 Å². The van der Waals surface area contributed by atoms with E-state index in [4.69, 9.17) is 11.6 Å². The molecule has 106 valence electrons. The van der Waals surface area contributed by atoms with Gasteiger partial charge in [-0.25, -0.2) is 4.98 Å². The molecular weight excluding hydrogens is 306 g/mol. The SMILES string of the molecule is Oc1cccnc1-c1ccc(NCc2cnc(Cl)s2)cc1. The lowest BCUT2D eigenvalue weighted by atomic mass is 10.1. The third-order valence-corrected chi connectivity index (χ3v) is 4.05. The van der Waals surface area contributed by atoms with Gasteiger partial charge in [-0.15, -0.1) is 11.3 Å². The lowest BCUT2D eigenvalue weighted by Crippen LogP contribution is -1.97. The Hall–Kier alpha value is -2.11. The maximum Gasteiger partial charge on any atom is 0.183 e. The van der Waals surface area contributed by atoms with E-state index in [0.717, 1.165) is 16.1 Å². The summed E-state index contributed by atoms with van der Waals surface area (Å²) in [4.78, 5) is 9.26. The molecule has 21 heavy (non-hydrogen) atoms. The molecule has 0 fully saturated rings. The van der Waals surface area contributed by atoms with Crippen LogP contribution in [0.3, 0.4) is 0 Å². The number of anilines is 1. The molecule has 3 rings (SSSR count). The fourth-order valence-electron chi connectivity index (χ4n) is 1.92. The molecule has 0 unspecified atom stereocenters. The van der Waals surface area contributed by atoms with E-state index < -0.39 is 0 Å². The number of hydrogen-bond donors (Lipinski definition) is 2. The van der Waals surface area contributed by atoms with E-state index in [-0.39, 0.29) is 5.75 Å². The maximum absolute atomic E-state index is 9.79. The Morgan fingerprint density at radius 2 is 1.95 bits per heavy atom. The van der Waals surface area contributed by atoms with E-state index in [1.165, 1.54) is 11.3 Å². The Kier molecular flexibility index (Phi) is 4.03. The molecule has 0 saturated carbocycles. The van der Waals surface area contributed by atoms with Crippen LogP contribution in [0.2, 0.25) is 4.47 Å². The van der Waals surface area contributed by atoms with Crippen LogP contribution in [0.1, 0.15) is 4.88 Å².